The molecule has 0 saturated heterocycles. The molecule has 3 N–H and O–H groups in total. The van der Waals surface area contributed by atoms with E-state index < -0.39 is 22.2 Å². The van der Waals surface area contributed by atoms with Crippen molar-refractivity contribution < 1.29 is 13.2 Å². The number of amides is 1. The Bertz CT molecular complexity index is 540. The second kappa shape index (κ2) is 8.11. The van der Waals surface area contributed by atoms with Crippen molar-refractivity contribution in [3.8, 4) is 0 Å². The molecule has 0 bridgehead atoms. The molecule has 118 valence electrons. The number of nitrogens with zero attached hydrogens (tertiary/aromatic N) is 1. The van der Waals surface area contributed by atoms with Gasteiger partial charge in [-0.2, -0.15) is 17.4 Å². The summed E-state index contributed by atoms with van der Waals surface area (Å²) in [6.07, 6.45) is 1.40. The van der Waals surface area contributed by atoms with Gasteiger partial charge in [-0.1, -0.05) is 44.2 Å². The van der Waals surface area contributed by atoms with Gasteiger partial charge in [0.2, 0.25) is 5.91 Å². The number of primary amides is 1. The molecule has 0 spiro atoms. The number of hydrogen-bond acceptors (Lipinski definition) is 3. The minimum absolute atomic E-state index is 0.406. The lowest BCUT2D eigenvalue weighted by Crippen LogP contribution is -2.46. The fourth-order valence-electron chi connectivity index (χ4n) is 2.01. The van der Waals surface area contributed by atoms with Gasteiger partial charge in [0.05, 0.1) is 0 Å². The fraction of sp³-hybridized carbons (Fsp3) is 0.500. The SMILES string of the molecule is CCCN(CCC)S(=O)(=O)NC(C(N)=O)c1ccccc1. The third-order valence-corrected chi connectivity index (χ3v) is 4.55. The smallest absolute Gasteiger partial charge is 0.280 e. The minimum Gasteiger partial charge on any atom is -0.368 e. The average Bonchev–Trinajstić information content (AvgIpc) is 2.45. The van der Waals surface area contributed by atoms with Crippen LogP contribution in [0.1, 0.15) is 38.3 Å². The number of hydrogen-bond donors (Lipinski definition) is 2. The van der Waals surface area contributed by atoms with Crippen molar-refractivity contribution in [2.45, 2.75) is 32.7 Å². The van der Waals surface area contributed by atoms with Crippen molar-refractivity contribution in [1.29, 1.82) is 0 Å². The van der Waals surface area contributed by atoms with E-state index >= 15 is 0 Å². The van der Waals surface area contributed by atoms with Crippen molar-refractivity contribution >= 4 is 16.1 Å². The number of carbonyl (C=O) groups is 1. The second-order valence-electron chi connectivity index (χ2n) is 4.77. The first-order valence-corrected chi connectivity index (χ1v) is 8.48. The van der Waals surface area contributed by atoms with E-state index in [4.69, 9.17) is 5.73 Å². The predicted molar refractivity (Wildman–Crippen MR) is 82.6 cm³/mol. The predicted octanol–water partition coefficient (Wildman–Crippen LogP) is 1.17. The van der Waals surface area contributed by atoms with Crippen molar-refractivity contribution in [3.63, 3.8) is 0 Å². The van der Waals surface area contributed by atoms with Crippen LogP contribution in [-0.4, -0.2) is 31.7 Å². The van der Waals surface area contributed by atoms with E-state index in [0.29, 0.717) is 31.5 Å². The van der Waals surface area contributed by atoms with Crippen LogP contribution in [0.2, 0.25) is 0 Å². The molecule has 7 heteroatoms. The van der Waals surface area contributed by atoms with Gasteiger partial charge in [-0.25, -0.2) is 0 Å². The number of benzene rings is 1. The van der Waals surface area contributed by atoms with Crippen LogP contribution in [0.4, 0.5) is 0 Å². The van der Waals surface area contributed by atoms with Crippen LogP contribution in [0, 0.1) is 0 Å². The number of rotatable bonds is 9. The first-order valence-electron chi connectivity index (χ1n) is 7.04. The molecule has 0 heterocycles. The first kappa shape index (κ1) is 17.6. The molecular weight excluding hydrogens is 290 g/mol. The molecule has 1 atom stereocenters. The Labute approximate surface area is 126 Å². The first-order chi connectivity index (χ1) is 9.92. The van der Waals surface area contributed by atoms with E-state index in [1.54, 1.807) is 30.3 Å². The van der Waals surface area contributed by atoms with E-state index in [-0.39, 0.29) is 0 Å². The summed E-state index contributed by atoms with van der Waals surface area (Å²) in [6, 6.07) is 7.53. The molecule has 1 aromatic rings. The summed E-state index contributed by atoms with van der Waals surface area (Å²) in [5.41, 5.74) is 5.87. The van der Waals surface area contributed by atoms with E-state index in [2.05, 4.69) is 4.72 Å². The maximum Gasteiger partial charge on any atom is 0.280 e. The van der Waals surface area contributed by atoms with Crippen LogP contribution in [0.25, 0.3) is 0 Å². The molecule has 1 amide bonds. The Morgan fingerprint density at radius 2 is 1.71 bits per heavy atom. The summed E-state index contributed by atoms with van der Waals surface area (Å²) in [5, 5.41) is 0. The molecule has 0 aromatic heterocycles. The molecule has 0 aliphatic heterocycles. The van der Waals surface area contributed by atoms with Crippen LogP contribution >= 0.6 is 0 Å². The third kappa shape index (κ3) is 5.11. The summed E-state index contributed by atoms with van der Waals surface area (Å²) >= 11 is 0. The summed E-state index contributed by atoms with van der Waals surface area (Å²) < 4.78 is 28.6. The lowest BCUT2D eigenvalue weighted by Gasteiger charge is -2.24. The van der Waals surface area contributed by atoms with Gasteiger partial charge < -0.3 is 5.73 Å². The number of nitrogens with one attached hydrogen (secondary N) is 1. The normalized spacial score (nSPS) is 13.3. The molecule has 1 rings (SSSR count). The van der Waals surface area contributed by atoms with Crippen LogP contribution in [-0.2, 0) is 15.0 Å². The molecule has 0 aliphatic carbocycles. The van der Waals surface area contributed by atoms with Crippen LogP contribution in [0.15, 0.2) is 30.3 Å². The molecule has 21 heavy (non-hydrogen) atoms. The summed E-state index contributed by atoms with van der Waals surface area (Å²) in [7, 11) is -3.76. The standard InChI is InChI=1S/C14H23N3O3S/c1-3-10-17(11-4-2)21(19,20)16-13(14(15)18)12-8-6-5-7-9-12/h5-9,13,16H,3-4,10-11H2,1-2H3,(H2,15,18). The molecular formula is C14H23N3O3S. The van der Waals surface area contributed by atoms with Gasteiger partial charge in [0.15, 0.2) is 0 Å². The highest BCUT2D eigenvalue weighted by atomic mass is 32.2. The van der Waals surface area contributed by atoms with E-state index in [1.807, 2.05) is 13.8 Å². The van der Waals surface area contributed by atoms with Crippen LogP contribution in [0.5, 0.6) is 0 Å². The molecule has 0 aliphatic rings. The summed E-state index contributed by atoms with van der Waals surface area (Å²) in [6.45, 7) is 4.62. The van der Waals surface area contributed by atoms with Crippen molar-refractivity contribution in [2.24, 2.45) is 5.73 Å². The minimum atomic E-state index is -3.76. The van der Waals surface area contributed by atoms with Crippen LogP contribution in [0.3, 0.4) is 0 Å². The van der Waals surface area contributed by atoms with Gasteiger partial charge in [-0.05, 0) is 18.4 Å². The molecule has 6 nitrogen and oxygen atoms in total. The maximum absolute atomic E-state index is 12.4. The van der Waals surface area contributed by atoms with Crippen LogP contribution < -0.4 is 10.5 Å². The summed E-state index contributed by atoms with van der Waals surface area (Å²) in [5.74, 6) is -0.724. The molecule has 1 unspecified atom stereocenters. The van der Waals surface area contributed by atoms with Gasteiger partial charge in [-0.3, -0.25) is 4.79 Å². The summed E-state index contributed by atoms with van der Waals surface area (Å²) in [4.78, 5) is 11.6. The van der Waals surface area contributed by atoms with Crippen molar-refractivity contribution in [1.82, 2.24) is 9.03 Å². The molecule has 0 fully saturated rings. The lowest BCUT2D eigenvalue weighted by atomic mass is 10.1. The molecule has 0 saturated carbocycles. The Morgan fingerprint density at radius 3 is 2.14 bits per heavy atom. The Kier molecular flexibility index (Phi) is 6.80. The van der Waals surface area contributed by atoms with Gasteiger partial charge in [-0.15, -0.1) is 0 Å². The van der Waals surface area contributed by atoms with E-state index in [0.717, 1.165) is 0 Å². The highest BCUT2D eigenvalue weighted by molar-refractivity contribution is 7.87. The number of carbonyl (C=O) groups excluding carboxylic acids is 1. The molecule has 0 radical (unpaired) electrons. The number of nitrogens with two attached hydrogens (primary N) is 1. The Hall–Kier alpha value is -1.44. The maximum atomic E-state index is 12.4. The van der Waals surface area contributed by atoms with Gasteiger partial charge in [0.25, 0.3) is 10.2 Å². The van der Waals surface area contributed by atoms with E-state index in [9.17, 15) is 13.2 Å². The van der Waals surface area contributed by atoms with Gasteiger partial charge in [0, 0.05) is 13.1 Å². The highest BCUT2D eigenvalue weighted by Crippen LogP contribution is 2.15. The van der Waals surface area contributed by atoms with Gasteiger partial charge >= 0.3 is 0 Å². The quantitative estimate of drug-likeness (QED) is 0.716. The fourth-order valence-corrected chi connectivity index (χ4v) is 3.56. The zero-order valence-corrected chi connectivity index (χ0v) is 13.3. The average molecular weight is 313 g/mol. The highest BCUT2D eigenvalue weighted by Gasteiger charge is 2.28. The zero-order valence-electron chi connectivity index (χ0n) is 12.5. The van der Waals surface area contributed by atoms with Crippen molar-refractivity contribution in [2.75, 3.05) is 13.1 Å². The third-order valence-electron chi connectivity index (χ3n) is 2.97. The zero-order chi connectivity index (χ0) is 15.9. The Morgan fingerprint density at radius 1 is 1.19 bits per heavy atom. The van der Waals surface area contributed by atoms with E-state index in [1.165, 1.54) is 4.31 Å². The Balaban J connectivity index is 2.99. The topological polar surface area (TPSA) is 92.5 Å². The van der Waals surface area contributed by atoms with Crippen molar-refractivity contribution in [3.05, 3.63) is 35.9 Å². The lowest BCUT2D eigenvalue weighted by molar-refractivity contribution is -0.119. The second-order valence-corrected chi connectivity index (χ2v) is 6.47. The molecule has 1 aromatic carbocycles. The monoisotopic (exact) mass is 313 g/mol. The largest absolute Gasteiger partial charge is 0.368 e. The van der Waals surface area contributed by atoms with Gasteiger partial charge in [0.1, 0.15) is 6.04 Å².